The van der Waals surface area contributed by atoms with Crippen LogP contribution in [0.3, 0.4) is 0 Å². The molecule has 0 amide bonds. The van der Waals surface area contributed by atoms with E-state index in [2.05, 4.69) is 49.1 Å². The van der Waals surface area contributed by atoms with Crippen LogP contribution in [0, 0.1) is 18.3 Å². The Morgan fingerprint density at radius 2 is 1.81 bits per heavy atom. The number of nitrogens with zero attached hydrogens (tertiary/aromatic N) is 2. The van der Waals surface area contributed by atoms with Crippen molar-refractivity contribution in [2.24, 2.45) is 0 Å². The minimum Gasteiger partial charge on any atom is -0.491 e. The van der Waals surface area contributed by atoms with Crippen LogP contribution in [-0.2, 0) is 11.3 Å². The van der Waals surface area contributed by atoms with Gasteiger partial charge in [0.15, 0.2) is 0 Å². The number of benzene rings is 3. The zero-order valence-corrected chi connectivity index (χ0v) is 21.7. The van der Waals surface area contributed by atoms with Crippen LogP contribution in [0.15, 0.2) is 60.7 Å². The summed E-state index contributed by atoms with van der Waals surface area (Å²) in [6.07, 6.45) is 7.99. The number of rotatable bonds is 9. The van der Waals surface area contributed by atoms with Gasteiger partial charge in [0.05, 0.1) is 12.2 Å². The molecule has 0 spiro atoms. The lowest BCUT2D eigenvalue weighted by atomic mass is 9.95. The van der Waals surface area contributed by atoms with E-state index < -0.39 is 0 Å². The molecule has 4 heteroatoms. The maximum absolute atomic E-state index is 9.99. The first-order valence-corrected chi connectivity index (χ1v) is 12.9. The normalized spacial score (nSPS) is 16.2. The fraction of sp³-hybridized carbons (Fsp3) is 0.344. The van der Waals surface area contributed by atoms with Gasteiger partial charge in [0.2, 0.25) is 0 Å². The molecule has 0 bridgehead atoms. The van der Waals surface area contributed by atoms with E-state index in [0.717, 1.165) is 46.7 Å². The molecule has 0 radical (unpaired) electrons. The van der Waals surface area contributed by atoms with E-state index in [4.69, 9.17) is 9.47 Å². The molecule has 3 aromatic rings. The Morgan fingerprint density at radius 3 is 2.56 bits per heavy atom. The average molecular weight is 481 g/mol. The molecule has 0 N–H and O–H groups in total. The van der Waals surface area contributed by atoms with Crippen molar-refractivity contribution < 1.29 is 9.47 Å². The van der Waals surface area contributed by atoms with E-state index >= 15 is 0 Å². The summed E-state index contributed by atoms with van der Waals surface area (Å²) in [6, 6.07) is 23.5. The van der Waals surface area contributed by atoms with Gasteiger partial charge in [-0.15, -0.1) is 0 Å². The van der Waals surface area contributed by atoms with Crippen LogP contribution in [0.1, 0.15) is 54.0 Å². The summed E-state index contributed by atoms with van der Waals surface area (Å²) in [4.78, 5) is 2.56. The molecule has 1 aliphatic heterocycles. The number of ether oxygens (including phenoxy) is 2. The Balaban J connectivity index is 1.66. The Hall–Kier alpha value is -3.39. The summed E-state index contributed by atoms with van der Waals surface area (Å²) in [6.45, 7) is 7.53. The minimum atomic E-state index is 0.533. The Kier molecular flexibility index (Phi) is 8.95. The molecule has 4 rings (SSSR count). The van der Waals surface area contributed by atoms with E-state index in [1.807, 2.05) is 48.5 Å². The third-order valence-corrected chi connectivity index (χ3v) is 7.04. The van der Waals surface area contributed by atoms with Gasteiger partial charge in [-0.2, -0.15) is 5.26 Å². The molecule has 0 aliphatic carbocycles. The van der Waals surface area contributed by atoms with Crippen LogP contribution in [0.4, 0.5) is 0 Å². The Labute approximate surface area is 215 Å². The molecule has 1 heterocycles. The van der Waals surface area contributed by atoms with Crippen LogP contribution in [0.2, 0.25) is 0 Å². The van der Waals surface area contributed by atoms with Crippen molar-refractivity contribution in [1.29, 1.82) is 5.26 Å². The van der Waals surface area contributed by atoms with E-state index in [1.54, 1.807) is 7.11 Å². The zero-order valence-electron chi connectivity index (χ0n) is 21.7. The van der Waals surface area contributed by atoms with Gasteiger partial charge in [0.1, 0.15) is 18.4 Å². The summed E-state index contributed by atoms with van der Waals surface area (Å²) in [5.74, 6) is 0.934. The van der Waals surface area contributed by atoms with Crippen molar-refractivity contribution in [3.05, 3.63) is 88.5 Å². The molecular formula is C32H36N2O2. The van der Waals surface area contributed by atoms with Gasteiger partial charge in [-0.05, 0) is 67.6 Å². The first-order valence-electron chi connectivity index (χ1n) is 12.9. The van der Waals surface area contributed by atoms with E-state index in [0.29, 0.717) is 24.8 Å². The van der Waals surface area contributed by atoms with E-state index in [9.17, 15) is 5.26 Å². The van der Waals surface area contributed by atoms with Crippen LogP contribution in [0.25, 0.3) is 23.3 Å². The molecule has 0 saturated carbocycles. The quantitative estimate of drug-likeness (QED) is 0.242. The van der Waals surface area contributed by atoms with Crippen molar-refractivity contribution in [3.8, 4) is 22.9 Å². The topological polar surface area (TPSA) is 45.5 Å². The second-order valence-electron chi connectivity index (χ2n) is 9.55. The third kappa shape index (κ3) is 6.23. The third-order valence-electron chi connectivity index (χ3n) is 7.04. The van der Waals surface area contributed by atoms with Crippen molar-refractivity contribution in [2.75, 3.05) is 26.9 Å². The number of piperidine rings is 1. The Bertz CT molecular complexity index is 1230. The first-order chi connectivity index (χ1) is 17.6. The minimum absolute atomic E-state index is 0.533. The highest BCUT2D eigenvalue weighted by atomic mass is 16.5. The highest BCUT2D eigenvalue weighted by molar-refractivity contribution is 5.81. The molecule has 36 heavy (non-hydrogen) atoms. The predicted molar refractivity (Wildman–Crippen MR) is 148 cm³/mol. The summed E-state index contributed by atoms with van der Waals surface area (Å²) in [5.41, 5.74) is 7.11. The average Bonchev–Trinajstić information content (AvgIpc) is 2.90. The van der Waals surface area contributed by atoms with Crippen LogP contribution >= 0.6 is 0 Å². The first kappa shape index (κ1) is 25.7. The van der Waals surface area contributed by atoms with Gasteiger partial charge >= 0.3 is 0 Å². The van der Waals surface area contributed by atoms with Crippen molar-refractivity contribution in [2.45, 2.75) is 45.7 Å². The predicted octanol–water partition coefficient (Wildman–Crippen LogP) is 7.10. The van der Waals surface area contributed by atoms with Gasteiger partial charge in [-0.25, -0.2) is 0 Å². The second kappa shape index (κ2) is 12.5. The van der Waals surface area contributed by atoms with Crippen LogP contribution in [0.5, 0.6) is 5.75 Å². The molecule has 1 unspecified atom stereocenters. The number of hydrogen-bond donors (Lipinski definition) is 0. The standard InChI is InChI=1S/C32H36N2O2/c1-24-20-32(36-19-18-35-3)29(23-34-17-8-7-10-25(34)2)21-28(24)16-15-27-13-9-14-30(31(27)22-33)26-11-5-4-6-12-26/h4-6,9,11-16,20-21,25H,7-8,10,17-19,23H2,1-3H3/b16-15+. The highest BCUT2D eigenvalue weighted by Gasteiger charge is 2.20. The molecule has 1 aliphatic rings. The number of aryl methyl sites for hydroxylation is 1. The summed E-state index contributed by atoms with van der Waals surface area (Å²) in [7, 11) is 1.70. The molecule has 1 fully saturated rings. The molecule has 4 nitrogen and oxygen atoms in total. The lowest BCUT2D eigenvalue weighted by molar-refractivity contribution is 0.138. The van der Waals surface area contributed by atoms with Gasteiger partial charge in [0, 0.05) is 30.8 Å². The van der Waals surface area contributed by atoms with Gasteiger partial charge in [-0.1, -0.05) is 67.1 Å². The number of likely N-dealkylation sites (tertiary alicyclic amines) is 1. The van der Waals surface area contributed by atoms with Crippen molar-refractivity contribution in [1.82, 2.24) is 4.90 Å². The zero-order chi connectivity index (χ0) is 25.3. The molecule has 3 aromatic carbocycles. The maximum Gasteiger partial charge on any atom is 0.124 e. The second-order valence-corrected chi connectivity index (χ2v) is 9.55. The SMILES string of the molecule is COCCOc1cc(C)c(/C=C/c2cccc(-c3ccccc3)c2C#N)cc1CN1CCCCC1C. The summed E-state index contributed by atoms with van der Waals surface area (Å²) >= 11 is 0. The number of hydrogen-bond acceptors (Lipinski definition) is 4. The van der Waals surface area contributed by atoms with Gasteiger partial charge in [-0.3, -0.25) is 4.90 Å². The van der Waals surface area contributed by atoms with E-state index in [1.165, 1.54) is 24.8 Å². The highest BCUT2D eigenvalue weighted by Crippen LogP contribution is 2.30. The fourth-order valence-corrected chi connectivity index (χ4v) is 4.90. The van der Waals surface area contributed by atoms with Gasteiger partial charge in [0.25, 0.3) is 0 Å². The molecular weight excluding hydrogens is 444 g/mol. The summed E-state index contributed by atoms with van der Waals surface area (Å²) in [5, 5.41) is 9.99. The molecule has 1 saturated heterocycles. The molecule has 1 atom stereocenters. The van der Waals surface area contributed by atoms with Crippen molar-refractivity contribution in [3.63, 3.8) is 0 Å². The van der Waals surface area contributed by atoms with Gasteiger partial charge < -0.3 is 9.47 Å². The van der Waals surface area contributed by atoms with E-state index in [-0.39, 0.29) is 0 Å². The number of nitriles is 1. The fourth-order valence-electron chi connectivity index (χ4n) is 4.90. The Morgan fingerprint density at radius 1 is 1.00 bits per heavy atom. The lowest BCUT2D eigenvalue weighted by Gasteiger charge is -2.33. The largest absolute Gasteiger partial charge is 0.491 e. The van der Waals surface area contributed by atoms with Crippen molar-refractivity contribution >= 4 is 12.2 Å². The number of methoxy groups -OCH3 is 1. The molecule has 0 aromatic heterocycles. The van der Waals surface area contributed by atoms with Crippen LogP contribution in [-0.4, -0.2) is 37.8 Å². The monoisotopic (exact) mass is 480 g/mol. The smallest absolute Gasteiger partial charge is 0.124 e. The maximum atomic E-state index is 9.99. The molecule has 186 valence electrons. The lowest BCUT2D eigenvalue weighted by Crippen LogP contribution is -2.36. The summed E-state index contributed by atoms with van der Waals surface area (Å²) < 4.78 is 11.3. The van der Waals surface area contributed by atoms with Crippen LogP contribution < -0.4 is 4.74 Å².